The van der Waals surface area contributed by atoms with Gasteiger partial charge in [-0.2, -0.15) is 13.2 Å². The van der Waals surface area contributed by atoms with E-state index in [1.165, 1.54) is 0 Å². The first-order valence-corrected chi connectivity index (χ1v) is 4.85. The second-order valence-corrected chi connectivity index (χ2v) is 3.74. The number of nitrogens with zero attached hydrogens (tertiary/aromatic N) is 1. The maximum Gasteiger partial charge on any atom is 0.471 e. The van der Waals surface area contributed by atoms with Crippen molar-refractivity contribution < 1.29 is 23.2 Å². The first-order chi connectivity index (χ1) is 7.71. The number of benzene rings is 1. The third kappa shape index (κ3) is 3.58. The number of halogens is 4. The Hall–Kier alpha value is -1.32. The fourth-order valence-corrected chi connectivity index (χ4v) is 1.38. The zero-order chi connectivity index (χ0) is 13.2. The normalized spacial score (nSPS) is 11.2. The van der Waals surface area contributed by atoms with Crippen LogP contribution >= 0.6 is 15.9 Å². The van der Waals surface area contributed by atoms with Gasteiger partial charge in [-0.25, -0.2) is 0 Å². The SMILES string of the molecule is O=C(Nc1ccc(N([O-])O)cc1Br)C(F)(F)F. The molecule has 1 aromatic carbocycles. The summed E-state index contributed by atoms with van der Waals surface area (Å²) in [6.07, 6.45) is -5.00. The number of amides is 1. The van der Waals surface area contributed by atoms with E-state index >= 15 is 0 Å². The summed E-state index contributed by atoms with van der Waals surface area (Å²) in [5.74, 6) is -2.13. The molecular formula is C8H5BrF3N2O3-. The lowest BCUT2D eigenvalue weighted by atomic mass is 10.3. The van der Waals surface area contributed by atoms with Gasteiger partial charge in [-0.1, -0.05) is 0 Å². The minimum atomic E-state index is -5.00. The Morgan fingerprint density at radius 3 is 2.47 bits per heavy atom. The summed E-state index contributed by atoms with van der Waals surface area (Å²) in [5, 5.41) is 20.2. The monoisotopic (exact) mass is 313 g/mol. The lowest BCUT2D eigenvalue weighted by Gasteiger charge is -2.22. The minimum absolute atomic E-state index is 0.0301. The molecule has 1 amide bonds. The molecular weight excluding hydrogens is 309 g/mol. The fourth-order valence-electron chi connectivity index (χ4n) is 0.918. The Labute approximate surface area is 101 Å². The zero-order valence-electron chi connectivity index (χ0n) is 7.95. The summed E-state index contributed by atoms with van der Waals surface area (Å²) in [5.41, 5.74) is -0.361. The second kappa shape index (κ2) is 4.90. The highest BCUT2D eigenvalue weighted by molar-refractivity contribution is 9.10. The molecule has 0 atom stereocenters. The Bertz CT molecular complexity index is 437. The number of hydrogen-bond donors (Lipinski definition) is 2. The summed E-state index contributed by atoms with van der Waals surface area (Å²) in [6.45, 7) is 0. The van der Waals surface area contributed by atoms with Crippen LogP contribution in [-0.4, -0.2) is 17.3 Å². The van der Waals surface area contributed by atoms with Crippen molar-refractivity contribution in [2.75, 3.05) is 10.5 Å². The van der Waals surface area contributed by atoms with E-state index in [9.17, 15) is 23.2 Å². The van der Waals surface area contributed by atoms with Gasteiger partial charge in [-0.05, 0) is 34.1 Å². The van der Waals surface area contributed by atoms with E-state index in [-0.39, 0.29) is 15.8 Å². The Kier molecular flexibility index (Phi) is 3.96. The largest absolute Gasteiger partial charge is 0.733 e. The van der Waals surface area contributed by atoms with E-state index in [0.29, 0.717) is 0 Å². The minimum Gasteiger partial charge on any atom is -0.733 e. The van der Waals surface area contributed by atoms with Gasteiger partial charge in [0.25, 0.3) is 0 Å². The van der Waals surface area contributed by atoms with Gasteiger partial charge in [-0.3, -0.25) is 10.0 Å². The molecule has 0 radical (unpaired) electrons. The van der Waals surface area contributed by atoms with Crippen LogP contribution in [-0.2, 0) is 4.79 Å². The van der Waals surface area contributed by atoms with Crippen LogP contribution in [0.5, 0.6) is 0 Å². The number of rotatable bonds is 2. The molecule has 0 saturated heterocycles. The second-order valence-electron chi connectivity index (χ2n) is 2.89. The number of carbonyl (C=O) groups is 1. The Balaban J connectivity index is 2.91. The van der Waals surface area contributed by atoms with Crippen molar-refractivity contribution in [3.63, 3.8) is 0 Å². The van der Waals surface area contributed by atoms with Crippen molar-refractivity contribution in [1.82, 2.24) is 0 Å². The molecule has 0 saturated carbocycles. The van der Waals surface area contributed by atoms with Crippen molar-refractivity contribution in [2.24, 2.45) is 0 Å². The molecule has 0 spiro atoms. The van der Waals surface area contributed by atoms with E-state index in [1.807, 2.05) is 0 Å². The van der Waals surface area contributed by atoms with Gasteiger partial charge < -0.3 is 15.8 Å². The lowest BCUT2D eigenvalue weighted by Crippen LogP contribution is -2.30. The van der Waals surface area contributed by atoms with Crippen LogP contribution in [0.4, 0.5) is 24.5 Å². The van der Waals surface area contributed by atoms with Crippen LogP contribution in [0.3, 0.4) is 0 Å². The quantitative estimate of drug-likeness (QED) is 0.823. The highest BCUT2D eigenvalue weighted by atomic mass is 79.9. The maximum absolute atomic E-state index is 11.9. The molecule has 2 N–H and O–H groups in total. The van der Waals surface area contributed by atoms with Crippen molar-refractivity contribution in [1.29, 1.82) is 0 Å². The molecule has 0 heterocycles. The van der Waals surface area contributed by atoms with Crippen LogP contribution in [0.1, 0.15) is 0 Å². The van der Waals surface area contributed by atoms with Crippen molar-refractivity contribution in [3.05, 3.63) is 27.9 Å². The molecule has 1 aromatic rings. The highest BCUT2D eigenvalue weighted by Crippen LogP contribution is 2.28. The number of alkyl halides is 3. The molecule has 0 aliphatic heterocycles. The molecule has 17 heavy (non-hydrogen) atoms. The van der Waals surface area contributed by atoms with Crippen LogP contribution in [0, 0.1) is 5.21 Å². The average Bonchev–Trinajstić information content (AvgIpc) is 2.19. The number of nitrogens with one attached hydrogen (secondary N) is 1. The number of hydrogen-bond acceptors (Lipinski definition) is 4. The summed E-state index contributed by atoms with van der Waals surface area (Å²) >= 11 is 2.85. The van der Waals surface area contributed by atoms with E-state index in [0.717, 1.165) is 18.2 Å². The summed E-state index contributed by atoms with van der Waals surface area (Å²) < 4.78 is 35.9. The van der Waals surface area contributed by atoms with E-state index in [2.05, 4.69) is 15.9 Å². The van der Waals surface area contributed by atoms with Gasteiger partial charge in [0.1, 0.15) is 0 Å². The molecule has 0 aromatic heterocycles. The number of anilines is 2. The van der Waals surface area contributed by atoms with Crippen LogP contribution in [0.25, 0.3) is 0 Å². The summed E-state index contributed by atoms with van der Waals surface area (Å²) in [4.78, 5) is 10.6. The van der Waals surface area contributed by atoms with Crippen molar-refractivity contribution >= 4 is 33.2 Å². The Morgan fingerprint density at radius 2 is 2.06 bits per heavy atom. The smallest absolute Gasteiger partial charge is 0.471 e. The molecule has 0 aliphatic rings. The van der Waals surface area contributed by atoms with Gasteiger partial charge in [0.05, 0.1) is 11.4 Å². The molecule has 0 aliphatic carbocycles. The van der Waals surface area contributed by atoms with Crippen LogP contribution < -0.4 is 10.5 Å². The molecule has 9 heteroatoms. The van der Waals surface area contributed by atoms with Gasteiger partial charge in [0, 0.05) is 4.47 Å². The zero-order valence-corrected chi connectivity index (χ0v) is 9.54. The van der Waals surface area contributed by atoms with Gasteiger partial charge >= 0.3 is 12.1 Å². The summed E-state index contributed by atoms with van der Waals surface area (Å²) in [6, 6.07) is 3.15. The first kappa shape index (κ1) is 13.7. The standard InChI is InChI=1S/C8H5BrF3N2O3/c9-5-3-4(14(16)17)1-2-6(5)13-7(15)8(10,11)12/h1-3,16H,(H,13,15)/q-1. The van der Waals surface area contributed by atoms with Crippen LogP contribution in [0.2, 0.25) is 0 Å². The van der Waals surface area contributed by atoms with E-state index < -0.39 is 17.3 Å². The van der Waals surface area contributed by atoms with Gasteiger partial charge in [-0.15, -0.1) is 0 Å². The van der Waals surface area contributed by atoms with Gasteiger partial charge in [0.15, 0.2) is 0 Å². The van der Waals surface area contributed by atoms with Gasteiger partial charge in [0.2, 0.25) is 0 Å². The summed E-state index contributed by atoms with van der Waals surface area (Å²) in [7, 11) is 0. The average molecular weight is 314 g/mol. The van der Waals surface area contributed by atoms with E-state index in [1.54, 1.807) is 5.32 Å². The molecule has 5 nitrogen and oxygen atoms in total. The third-order valence-electron chi connectivity index (χ3n) is 1.68. The van der Waals surface area contributed by atoms with Crippen molar-refractivity contribution in [3.8, 4) is 0 Å². The molecule has 0 bridgehead atoms. The Morgan fingerprint density at radius 1 is 1.47 bits per heavy atom. The lowest BCUT2D eigenvalue weighted by molar-refractivity contribution is -0.167. The fraction of sp³-hybridized carbons (Fsp3) is 0.125. The predicted octanol–water partition coefficient (Wildman–Crippen LogP) is 2.64. The molecule has 0 fully saturated rings. The number of carbonyl (C=O) groups excluding carboxylic acids is 1. The third-order valence-corrected chi connectivity index (χ3v) is 2.34. The topological polar surface area (TPSA) is 75.6 Å². The molecule has 94 valence electrons. The molecule has 0 unspecified atom stereocenters. The van der Waals surface area contributed by atoms with Crippen molar-refractivity contribution in [2.45, 2.75) is 6.18 Å². The first-order valence-electron chi connectivity index (χ1n) is 4.05. The van der Waals surface area contributed by atoms with E-state index in [4.69, 9.17) is 5.21 Å². The predicted molar refractivity (Wildman–Crippen MR) is 56.5 cm³/mol. The molecule has 1 rings (SSSR count). The maximum atomic E-state index is 11.9. The highest BCUT2D eigenvalue weighted by Gasteiger charge is 2.38. The van der Waals surface area contributed by atoms with Crippen LogP contribution in [0.15, 0.2) is 22.7 Å².